The summed E-state index contributed by atoms with van der Waals surface area (Å²) in [6.45, 7) is 2.91. The minimum absolute atomic E-state index is 0.0909. The van der Waals surface area contributed by atoms with Crippen molar-refractivity contribution in [2.75, 3.05) is 6.54 Å². The van der Waals surface area contributed by atoms with Gasteiger partial charge in [-0.1, -0.05) is 55.9 Å². The Labute approximate surface area is 119 Å². The molecule has 0 spiro atoms. The van der Waals surface area contributed by atoms with E-state index in [1.165, 1.54) is 19.3 Å². The molecule has 0 radical (unpaired) electrons. The molecule has 1 aliphatic carbocycles. The monoisotopic (exact) mass is 276 g/mol. The van der Waals surface area contributed by atoms with Gasteiger partial charge in [0.1, 0.15) is 5.92 Å². The summed E-state index contributed by atoms with van der Waals surface area (Å²) >= 11 is 5.04. The van der Waals surface area contributed by atoms with Crippen molar-refractivity contribution >= 4 is 23.1 Å². The lowest BCUT2D eigenvalue weighted by atomic mass is 9.70. The van der Waals surface area contributed by atoms with Crippen LogP contribution in [0.2, 0.25) is 0 Å². The Bertz CT molecular complexity index is 468. The van der Waals surface area contributed by atoms with E-state index in [-0.39, 0.29) is 16.3 Å². The Kier molecular flexibility index (Phi) is 4.20. The van der Waals surface area contributed by atoms with Crippen LogP contribution in [0.3, 0.4) is 0 Å². The molecule has 1 aromatic rings. The first-order valence-corrected chi connectivity index (χ1v) is 7.05. The van der Waals surface area contributed by atoms with Crippen LogP contribution in [0.15, 0.2) is 30.3 Å². The maximum atomic E-state index is 12.3. The van der Waals surface area contributed by atoms with E-state index in [4.69, 9.17) is 18.0 Å². The zero-order valence-corrected chi connectivity index (χ0v) is 12.0. The van der Waals surface area contributed by atoms with Crippen LogP contribution in [0.5, 0.6) is 0 Å². The van der Waals surface area contributed by atoms with Gasteiger partial charge >= 0.3 is 0 Å². The molecule has 0 saturated heterocycles. The molecule has 1 amide bonds. The molecule has 0 bridgehead atoms. The first-order chi connectivity index (χ1) is 9.02. The van der Waals surface area contributed by atoms with Gasteiger partial charge in [-0.05, 0) is 23.8 Å². The van der Waals surface area contributed by atoms with Crippen LogP contribution in [0.4, 0.5) is 0 Å². The number of hydrogen-bond acceptors (Lipinski definition) is 2. The van der Waals surface area contributed by atoms with Gasteiger partial charge in [-0.25, -0.2) is 0 Å². The van der Waals surface area contributed by atoms with E-state index in [2.05, 4.69) is 12.2 Å². The number of amides is 1. The van der Waals surface area contributed by atoms with Gasteiger partial charge < -0.3 is 11.1 Å². The average molecular weight is 276 g/mol. The molecule has 4 heteroatoms. The largest absolute Gasteiger partial charge is 0.392 e. The van der Waals surface area contributed by atoms with Gasteiger partial charge in [0, 0.05) is 6.54 Å². The standard InChI is InChI=1S/C15H20N2OS/c1-15(8-5-9-15)10-17-14(18)12(13(16)19)11-6-3-2-4-7-11/h2-4,6-7,12H,5,8-10H2,1H3,(H2,16,19)(H,17,18). The average Bonchev–Trinajstić information content (AvgIpc) is 2.35. The lowest BCUT2D eigenvalue weighted by molar-refractivity contribution is -0.121. The van der Waals surface area contributed by atoms with E-state index in [9.17, 15) is 4.79 Å². The normalized spacial score (nSPS) is 18.2. The molecule has 3 nitrogen and oxygen atoms in total. The summed E-state index contributed by atoms with van der Waals surface area (Å²) in [4.78, 5) is 12.5. The van der Waals surface area contributed by atoms with E-state index in [1.54, 1.807) is 0 Å². The quantitative estimate of drug-likeness (QED) is 0.812. The first kappa shape index (κ1) is 14.0. The lowest BCUT2D eigenvalue weighted by Crippen LogP contribution is -2.43. The number of hydrogen-bond donors (Lipinski definition) is 2. The van der Waals surface area contributed by atoms with Crippen LogP contribution in [0.1, 0.15) is 37.7 Å². The fourth-order valence-corrected chi connectivity index (χ4v) is 2.69. The molecule has 0 heterocycles. The summed E-state index contributed by atoms with van der Waals surface area (Å²) in [6.07, 6.45) is 3.61. The number of nitrogens with two attached hydrogens (primary N) is 1. The van der Waals surface area contributed by atoms with Crippen molar-refractivity contribution < 1.29 is 4.79 Å². The van der Waals surface area contributed by atoms with E-state index in [1.807, 2.05) is 30.3 Å². The summed E-state index contributed by atoms with van der Waals surface area (Å²) in [6, 6.07) is 9.46. The van der Waals surface area contributed by atoms with Gasteiger partial charge in [0.2, 0.25) is 5.91 Å². The zero-order chi connectivity index (χ0) is 13.9. The third kappa shape index (κ3) is 3.32. The maximum absolute atomic E-state index is 12.3. The van der Waals surface area contributed by atoms with Crippen LogP contribution >= 0.6 is 12.2 Å². The smallest absolute Gasteiger partial charge is 0.234 e. The van der Waals surface area contributed by atoms with Gasteiger partial charge in [-0.3, -0.25) is 4.79 Å². The Hall–Kier alpha value is -1.42. The van der Waals surface area contributed by atoms with Crippen LogP contribution < -0.4 is 11.1 Å². The second kappa shape index (κ2) is 5.70. The van der Waals surface area contributed by atoms with E-state index in [0.717, 1.165) is 5.56 Å². The maximum Gasteiger partial charge on any atom is 0.234 e. The Morgan fingerprint density at radius 2 is 2.05 bits per heavy atom. The highest BCUT2D eigenvalue weighted by Gasteiger charge is 2.33. The summed E-state index contributed by atoms with van der Waals surface area (Å²) in [5.74, 6) is -0.619. The molecule has 1 unspecified atom stereocenters. The predicted octanol–water partition coefficient (Wildman–Crippen LogP) is 2.36. The first-order valence-electron chi connectivity index (χ1n) is 6.64. The van der Waals surface area contributed by atoms with Crippen molar-refractivity contribution in [2.45, 2.75) is 32.1 Å². The molecule has 1 saturated carbocycles. The second-order valence-corrected chi connectivity index (χ2v) is 6.10. The number of carbonyl (C=O) groups excluding carboxylic acids is 1. The summed E-state index contributed by atoms with van der Waals surface area (Å²) in [5, 5.41) is 3.00. The number of benzene rings is 1. The molecule has 102 valence electrons. The molecule has 19 heavy (non-hydrogen) atoms. The third-order valence-corrected chi connectivity index (χ3v) is 4.17. The van der Waals surface area contributed by atoms with E-state index in [0.29, 0.717) is 6.54 Å². The Morgan fingerprint density at radius 1 is 1.42 bits per heavy atom. The van der Waals surface area contributed by atoms with Crippen molar-refractivity contribution in [1.82, 2.24) is 5.32 Å². The summed E-state index contributed by atoms with van der Waals surface area (Å²) in [5.41, 5.74) is 6.84. The van der Waals surface area contributed by atoms with Gasteiger partial charge in [0.05, 0.1) is 4.99 Å². The predicted molar refractivity (Wildman–Crippen MR) is 80.9 cm³/mol. The SMILES string of the molecule is CC1(CNC(=O)C(C(N)=S)c2ccccc2)CCC1. The van der Waals surface area contributed by atoms with Crippen LogP contribution in [-0.4, -0.2) is 17.4 Å². The fraction of sp³-hybridized carbons (Fsp3) is 0.467. The molecular formula is C15H20N2OS. The van der Waals surface area contributed by atoms with Crippen molar-refractivity contribution in [2.24, 2.45) is 11.1 Å². The summed E-state index contributed by atoms with van der Waals surface area (Å²) in [7, 11) is 0. The molecular weight excluding hydrogens is 256 g/mol. The molecule has 1 atom stereocenters. The van der Waals surface area contributed by atoms with E-state index >= 15 is 0 Å². The van der Waals surface area contributed by atoms with Crippen molar-refractivity contribution in [3.8, 4) is 0 Å². The molecule has 1 aromatic carbocycles. The number of nitrogens with one attached hydrogen (secondary N) is 1. The van der Waals surface area contributed by atoms with Crippen LogP contribution in [0.25, 0.3) is 0 Å². The Balaban J connectivity index is 2.03. The molecule has 0 aliphatic heterocycles. The fourth-order valence-electron chi connectivity index (χ4n) is 2.45. The number of carbonyl (C=O) groups is 1. The zero-order valence-electron chi connectivity index (χ0n) is 11.2. The van der Waals surface area contributed by atoms with Crippen LogP contribution in [0, 0.1) is 5.41 Å². The lowest BCUT2D eigenvalue weighted by Gasteiger charge is -2.38. The van der Waals surface area contributed by atoms with Gasteiger partial charge in [0.25, 0.3) is 0 Å². The summed E-state index contributed by atoms with van der Waals surface area (Å²) < 4.78 is 0. The minimum atomic E-state index is -0.528. The highest BCUT2D eigenvalue weighted by molar-refractivity contribution is 7.80. The minimum Gasteiger partial charge on any atom is -0.392 e. The molecule has 1 fully saturated rings. The number of rotatable bonds is 5. The second-order valence-electron chi connectivity index (χ2n) is 5.63. The molecule has 1 aliphatic rings. The van der Waals surface area contributed by atoms with Gasteiger partial charge in [-0.15, -0.1) is 0 Å². The highest BCUT2D eigenvalue weighted by atomic mass is 32.1. The molecule has 0 aromatic heterocycles. The van der Waals surface area contributed by atoms with Gasteiger partial charge in [-0.2, -0.15) is 0 Å². The molecule has 3 N–H and O–H groups in total. The topological polar surface area (TPSA) is 55.1 Å². The van der Waals surface area contributed by atoms with Crippen molar-refractivity contribution in [3.63, 3.8) is 0 Å². The van der Waals surface area contributed by atoms with Gasteiger partial charge in [0.15, 0.2) is 0 Å². The van der Waals surface area contributed by atoms with Crippen molar-refractivity contribution in [3.05, 3.63) is 35.9 Å². The number of thiocarbonyl (C=S) groups is 1. The Morgan fingerprint density at radius 3 is 2.53 bits per heavy atom. The highest BCUT2D eigenvalue weighted by Crippen LogP contribution is 2.39. The van der Waals surface area contributed by atoms with E-state index < -0.39 is 5.92 Å². The van der Waals surface area contributed by atoms with Crippen molar-refractivity contribution in [1.29, 1.82) is 0 Å². The third-order valence-electron chi connectivity index (χ3n) is 3.93. The van der Waals surface area contributed by atoms with Crippen LogP contribution in [-0.2, 0) is 4.79 Å². The molecule has 2 rings (SSSR count).